The van der Waals surface area contributed by atoms with Crippen LogP contribution in [0, 0.1) is 0 Å². The average Bonchev–Trinajstić information content (AvgIpc) is 2.82. The summed E-state index contributed by atoms with van der Waals surface area (Å²) in [4.78, 5) is 24.2. The van der Waals surface area contributed by atoms with Gasteiger partial charge in [-0.1, -0.05) is 0 Å². The van der Waals surface area contributed by atoms with E-state index >= 15 is 0 Å². The Hall–Kier alpha value is -1.92. The summed E-state index contributed by atoms with van der Waals surface area (Å²) in [5, 5.41) is 16.6. The summed E-state index contributed by atoms with van der Waals surface area (Å²) in [6.07, 6.45) is 3.51. The Morgan fingerprint density at radius 3 is 2.89 bits per heavy atom. The van der Waals surface area contributed by atoms with Gasteiger partial charge in [0.15, 0.2) is 0 Å². The Labute approximate surface area is 111 Å². The van der Waals surface area contributed by atoms with E-state index in [4.69, 9.17) is 5.11 Å². The highest BCUT2D eigenvalue weighted by Gasteiger charge is 2.27. The zero-order chi connectivity index (χ0) is 13.8. The third kappa shape index (κ3) is 3.30. The number of carbonyl (C=O) groups is 2. The molecule has 1 aromatic heterocycles. The van der Waals surface area contributed by atoms with Crippen molar-refractivity contribution in [1.29, 1.82) is 0 Å². The Kier molecular flexibility index (Phi) is 4.13. The molecule has 0 unspecified atom stereocenters. The summed E-state index contributed by atoms with van der Waals surface area (Å²) in [7, 11) is 1.89. The van der Waals surface area contributed by atoms with E-state index in [9.17, 15) is 9.59 Å². The van der Waals surface area contributed by atoms with Crippen molar-refractivity contribution in [2.24, 2.45) is 7.05 Å². The minimum Gasteiger partial charge on any atom is -0.481 e. The fraction of sp³-hybridized carbons (Fsp3) is 0.667. The van der Waals surface area contributed by atoms with E-state index in [1.807, 2.05) is 11.6 Å². The van der Waals surface area contributed by atoms with Gasteiger partial charge < -0.3 is 14.6 Å². The zero-order valence-electron chi connectivity index (χ0n) is 10.9. The molecule has 7 heteroatoms. The van der Waals surface area contributed by atoms with E-state index in [-0.39, 0.29) is 24.7 Å². The van der Waals surface area contributed by atoms with Crippen LogP contribution in [0.15, 0.2) is 6.33 Å². The molecular formula is C12H18N4O3. The molecule has 0 spiro atoms. The van der Waals surface area contributed by atoms with E-state index < -0.39 is 5.97 Å². The van der Waals surface area contributed by atoms with Crippen molar-refractivity contribution in [3.8, 4) is 0 Å². The predicted octanol–water partition coefficient (Wildman–Crippen LogP) is 0.386. The number of hydrogen-bond acceptors (Lipinski definition) is 4. The first kappa shape index (κ1) is 13.5. The van der Waals surface area contributed by atoms with Crippen molar-refractivity contribution < 1.29 is 14.7 Å². The van der Waals surface area contributed by atoms with Crippen LogP contribution in [-0.4, -0.2) is 49.7 Å². The first-order valence-corrected chi connectivity index (χ1v) is 6.41. The van der Waals surface area contributed by atoms with Gasteiger partial charge in [0, 0.05) is 32.5 Å². The van der Waals surface area contributed by atoms with Gasteiger partial charge in [0.25, 0.3) is 0 Å². The fourth-order valence-corrected chi connectivity index (χ4v) is 2.45. The standard InChI is InChI=1S/C12H18N4O3/c1-15-8-13-14-12(15)9-3-2-6-16(7-9)10(17)4-5-11(18)19/h8-9H,2-7H2,1H3,(H,18,19)/t9-/m0/s1. The van der Waals surface area contributed by atoms with Gasteiger partial charge in [0.1, 0.15) is 12.2 Å². The van der Waals surface area contributed by atoms with E-state index in [0.29, 0.717) is 13.1 Å². The molecule has 7 nitrogen and oxygen atoms in total. The third-order valence-corrected chi connectivity index (χ3v) is 3.44. The summed E-state index contributed by atoms with van der Waals surface area (Å²) < 4.78 is 1.87. The van der Waals surface area contributed by atoms with Crippen LogP contribution in [0.2, 0.25) is 0 Å². The van der Waals surface area contributed by atoms with Crippen molar-refractivity contribution >= 4 is 11.9 Å². The molecule has 19 heavy (non-hydrogen) atoms. The van der Waals surface area contributed by atoms with E-state index in [2.05, 4.69) is 10.2 Å². The van der Waals surface area contributed by atoms with Crippen LogP contribution in [0.3, 0.4) is 0 Å². The molecule has 1 amide bonds. The molecule has 1 atom stereocenters. The molecule has 1 fully saturated rings. The van der Waals surface area contributed by atoms with Gasteiger partial charge in [-0.3, -0.25) is 9.59 Å². The molecule has 1 aromatic rings. The first-order chi connectivity index (χ1) is 9.08. The smallest absolute Gasteiger partial charge is 0.303 e. The van der Waals surface area contributed by atoms with E-state index in [1.165, 1.54) is 0 Å². The normalized spacial score (nSPS) is 19.4. The number of piperidine rings is 1. The maximum atomic E-state index is 11.9. The van der Waals surface area contributed by atoms with Crippen LogP contribution in [0.25, 0.3) is 0 Å². The number of amides is 1. The van der Waals surface area contributed by atoms with E-state index in [0.717, 1.165) is 18.7 Å². The second-order valence-electron chi connectivity index (χ2n) is 4.87. The van der Waals surface area contributed by atoms with Gasteiger partial charge in [-0.05, 0) is 12.8 Å². The lowest BCUT2D eigenvalue weighted by atomic mass is 9.97. The van der Waals surface area contributed by atoms with Gasteiger partial charge >= 0.3 is 5.97 Å². The molecule has 2 rings (SSSR count). The van der Waals surface area contributed by atoms with Crippen LogP contribution in [-0.2, 0) is 16.6 Å². The minimum atomic E-state index is -0.935. The van der Waals surface area contributed by atoms with Crippen molar-refractivity contribution in [1.82, 2.24) is 19.7 Å². The van der Waals surface area contributed by atoms with Crippen LogP contribution >= 0.6 is 0 Å². The molecule has 1 aliphatic rings. The third-order valence-electron chi connectivity index (χ3n) is 3.44. The number of carbonyl (C=O) groups excluding carboxylic acids is 1. The van der Waals surface area contributed by atoms with Gasteiger partial charge in [0.2, 0.25) is 5.91 Å². The Morgan fingerprint density at radius 2 is 2.26 bits per heavy atom. The van der Waals surface area contributed by atoms with Crippen LogP contribution in [0.5, 0.6) is 0 Å². The topological polar surface area (TPSA) is 88.3 Å². The average molecular weight is 266 g/mol. The lowest BCUT2D eigenvalue weighted by Gasteiger charge is -2.32. The molecule has 0 aliphatic carbocycles. The summed E-state index contributed by atoms with van der Waals surface area (Å²) in [6.45, 7) is 1.30. The predicted molar refractivity (Wildman–Crippen MR) is 66.4 cm³/mol. The lowest BCUT2D eigenvalue weighted by molar-refractivity contribution is -0.141. The largest absolute Gasteiger partial charge is 0.481 e. The number of aromatic nitrogens is 3. The number of aryl methyl sites for hydroxylation is 1. The molecule has 0 bridgehead atoms. The zero-order valence-corrected chi connectivity index (χ0v) is 10.9. The summed E-state index contributed by atoms with van der Waals surface area (Å²) in [6, 6.07) is 0. The SMILES string of the molecule is Cn1cnnc1[C@H]1CCCN(C(=O)CCC(=O)O)C1. The Balaban J connectivity index is 1.95. The van der Waals surface area contributed by atoms with Gasteiger partial charge in [-0.25, -0.2) is 0 Å². The second kappa shape index (κ2) is 5.81. The Morgan fingerprint density at radius 1 is 1.47 bits per heavy atom. The lowest BCUT2D eigenvalue weighted by Crippen LogP contribution is -2.39. The highest BCUT2D eigenvalue weighted by Crippen LogP contribution is 2.25. The summed E-state index contributed by atoms with van der Waals surface area (Å²) in [5.41, 5.74) is 0. The monoisotopic (exact) mass is 266 g/mol. The highest BCUT2D eigenvalue weighted by atomic mass is 16.4. The summed E-state index contributed by atoms with van der Waals surface area (Å²) in [5.74, 6) is 0.0511. The van der Waals surface area contributed by atoms with Crippen molar-refractivity contribution in [2.75, 3.05) is 13.1 Å². The number of aliphatic carboxylic acids is 1. The number of hydrogen-bond donors (Lipinski definition) is 1. The number of rotatable bonds is 4. The minimum absolute atomic E-state index is 0.0703. The van der Waals surface area contributed by atoms with Gasteiger partial charge in [-0.2, -0.15) is 0 Å². The summed E-state index contributed by atoms with van der Waals surface area (Å²) >= 11 is 0. The molecular weight excluding hydrogens is 248 g/mol. The molecule has 1 saturated heterocycles. The molecule has 0 radical (unpaired) electrons. The highest BCUT2D eigenvalue weighted by molar-refractivity contribution is 5.80. The first-order valence-electron chi connectivity index (χ1n) is 6.41. The van der Waals surface area contributed by atoms with Crippen molar-refractivity contribution in [3.05, 3.63) is 12.2 Å². The van der Waals surface area contributed by atoms with Gasteiger partial charge in [-0.15, -0.1) is 10.2 Å². The number of carboxylic acids is 1. The van der Waals surface area contributed by atoms with E-state index in [1.54, 1.807) is 11.2 Å². The van der Waals surface area contributed by atoms with Crippen LogP contribution < -0.4 is 0 Å². The van der Waals surface area contributed by atoms with Crippen LogP contribution in [0.4, 0.5) is 0 Å². The van der Waals surface area contributed by atoms with Crippen molar-refractivity contribution in [3.63, 3.8) is 0 Å². The maximum Gasteiger partial charge on any atom is 0.303 e. The molecule has 0 aromatic carbocycles. The second-order valence-corrected chi connectivity index (χ2v) is 4.87. The molecule has 104 valence electrons. The number of carboxylic acid groups (broad SMARTS) is 1. The molecule has 1 N–H and O–H groups in total. The number of likely N-dealkylation sites (tertiary alicyclic amines) is 1. The quantitative estimate of drug-likeness (QED) is 0.851. The number of nitrogens with zero attached hydrogens (tertiary/aromatic N) is 4. The molecule has 1 aliphatic heterocycles. The Bertz CT molecular complexity index is 471. The fourth-order valence-electron chi connectivity index (χ4n) is 2.45. The maximum absolute atomic E-state index is 11.9. The van der Waals surface area contributed by atoms with Crippen molar-refractivity contribution in [2.45, 2.75) is 31.6 Å². The molecule has 2 heterocycles. The van der Waals surface area contributed by atoms with Gasteiger partial charge in [0.05, 0.1) is 6.42 Å². The molecule has 0 saturated carbocycles. The van der Waals surface area contributed by atoms with Crippen LogP contribution in [0.1, 0.15) is 37.4 Å².